The van der Waals surface area contributed by atoms with Crippen molar-refractivity contribution in [3.63, 3.8) is 0 Å². The van der Waals surface area contributed by atoms with E-state index in [2.05, 4.69) is 5.32 Å². The number of aliphatic hydroxyl groups is 1. The number of carbonyl (C=O) groups excluding carboxylic acids is 1. The highest BCUT2D eigenvalue weighted by Gasteiger charge is 2.24. The van der Waals surface area contributed by atoms with Crippen molar-refractivity contribution in [3.8, 4) is 5.75 Å². The molecule has 0 heterocycles. The minimum Gasteiger partial charge on any atom is -0.494 e. The fourth-order valence-corrected chi connectivity index (χ4v) is 2.33. The average molecular weight is 327 g/mol. The van der Waals surface area contributed by atoms with Gasteiger partial charge >= 0.3 is 0 Å². The lowest BCUT2D eigenvalue weighted by Gasteiger charge is -2.25. The summed E-state index contributed by atoms with van der Waals surface area (Å²) >= 11 is 0. The Morgan fingerprint density at radius 3 is 2.33 bits per heavy atom. The quantitative estimate of drug-likeness (QED) is 0.783. The number of hydrogen-bond donors (Lipinski definition) is 2. The summed E-state index contributed by atoms with van der Waals surface area (Å²) in [6.45, 7) is 4.22. The molecule has 0 aliphatic rings. The molecular formula is C20H25NO3. The normalized spacial score (nSPS) is 14.5. The summed E-state index contributed by atoms with van der Waals surface area (Å²) in [5.41, 5.74) is -0.303. The van der Waals surface area contributed by atoms with Crippen molar-refractivity contribution in [1.29, 1.82) is 0 Å². The van der Waals surface area contributed by atoms with E-state index in [0.717, 1.165) is 11.3 Å². The van der Waals surface area contributed by atoms with E-state index in [1.54, 1.807) is 6.92 Å². The van der Waals surface area contributed by atoms with Gasteiger partial charge in [0, 0.05) is 5.92 Å². The Labute approximate surface area is 143 Å². The van der Waals surface area contributed by atoms with Crippen LogP contribution in [0.15, 0.2) is 60.7 Å². The Balaban J connectivity index is 1.75. The Kier molecular flexibility index (Phi) is 6.38. The van der Waals surface area contributed by atoms with Gasteiger partial charge in [0.25, 0.3) is 0 Å². The van der Waals surface area contributed by atoms with Gasteiger partial charge in [0.15, 0.2) is 0 Å². The minimum atomic E-state index is -1.09. The lowest BCUT2D eigenvalue weighted by atomic mass is 9.96. The van der Waals surface area contributed by atoms with Gasteiger partial charge in [-0.15, -0.1) is 0 Å². The van der Waals surface area contributed by atoms with Crippen molar-refractivity contribution >= 4 is 5.91 Å². The van der Waals surface area contributed by atoms with E-state index in [9.17, 15) is 9.90 Å². The second-order valence-corrected chi connectivity index (χ2v) is 6.21. The molecule has 1 amide bonds. The molecule has 2 N–H and O–H groups in total. The van der Waals surface area contributed by atoms with Crippen LogP contribution in [0.25, 0.3) is 0 Å². The average Bonchev–Trinajstić information content (AvgIpc) is 2.61. The van der Waals surface area contributed by atoms with Gasteiger partial charge in [-0.3, -0.25) is 4.79 Å². The molecule has 4 heteroatoms. The molecule has 2 unspecified atom stereocenters. The molecule has 2 atom stereocenters. The number of nitrogens with one attached hydrogen (secondary N) is 1. The van der Waals surface area contributed by atoms with E-state index >= 15 is 0 Å². The molecule has 128 valence electrons. The van der Waals surface area contributed by atoms with Crippen LogP contribution >= 0.6 is 0 Å². The van der Waals surface area contributed by atoms with E-state index in [1.165, 1.54) is 0 Å². The van der Waals surface area contributed by atoms with E-state index in [1.807, 2.05) is 67.6 Å². The highest BCUT2D eigenvalue weighted by molar-refractivity contribution is 5.78. The third kappa shape index (κ3) is 5.39. The molecule has 0 saturated heterocycles. The zero-order valence-electron chi connectivity index (χ0n) is 14.2. The van der Waals surface area contributed by atoms with Crippen molar-refractivity contribution < 1.29 is 14.6 Å². The Morgan fingerprint density at radius 1 is 1.12 bits per heavy atom. The number of benzene rings is 2. The zero-order chi connectivity index (χ0) is 17.4. The first kappa shape index (κ1) is 18.0. The Hall–Kier alpha value is -2.33. The second-order valence-electron chi connectivity index (χ2n) is 6.21. The molecular weight excluding hydrogens is 302 g/mol. The van der Waals surface area contributed by atoms with Crippen LogP contribution in [-0.2, 0) is 10.4 Å². The van der Waals surface area contributed by atoms with Gasteiger partial charge in [-0.25, -0.2) is 0 Å². The van der Waals surface area contributed by atoms with E-state index in [-0.39, 0.29) is 18.4 Å². The maximum atomic E-state index is 12.2. The smallest absolute Gasteiger partial charge is 0.223 e. The van der Waals surface area contributed by atoms with Crippen molar-refractivity contribution in [2.75, 3.05) is 13.2 Å². The summed E-state index contributed by atoms with van der Waals surface area (Å²) in [4.78, 5) is 12.2. The predicted octanol–water partition coefficient (Wildman–Crippen LogP) is 3.12. The van der Waals surface area contributed by atoms with Crippen LogP contribution in [0.5, 0.6) is 5.75 Å². The van der Waals surface area contributed by atoms with Gasteiger partial charge in [-0.05, 0) is 31.0 Å². The Morgan fingerprint density at radius 2 is 1.71 bits per heavy atom. The van der Waals surface area contributed by atoms with Crippen molar-refractivity contribution in [2.45, 2.75) is 25.9 Å². The highest BCUT2D eigenvalue weighted by Crippen LogP contribution is 2.19. The van der Waals surface area contributed by atoms with Gasteiger partial charge in [-0.1, -0.05) is 55.5 Å². The fourth-order valence-electron chi connectivity index (χ4n) is 2.33. The van der Waals surface area contributed by atoms with Crippen LogP contribution in [0.1, 0.15) is 25.8 Å². The molecule has 0 saturated carbocycles. The van der Waals surface area contributed by atoms with Gasteiger partial charge in [0.1, 0.15) is 11.4 Å². The third-order valence-corrected chi connectivity index (χ3v) is 4.01. The molecule has 0 fully saturated rings. The SMILES string of the molecule is CC(CCOc1ccccc1)C(=O)NCC(C)(O)c1ccccc1. The predicted molar refractivity (Wildman–Crippen MR) is 94.7 cm³/mol. The lowest BCUT2D eigenvalue weighted by Crippen LogP contribution is -2.40. The van der Waals surface area contributed by atoms with Crippen molar-refractivity contribution in [1.82, 2.24) is 5.32 Å². The van der Waals surface area contributed by atoms with Crippen LogP contribution < -0.4 is 10.1 Å². The molecule has 0 radical (unpaired) electrons. The van der Waals surface area contributed by atoms with Gasteiger partial charge in [0.2, 0.25) is 5.91 Å². The van der Waals surface area contributed by atoms with Gasteiger partial charge in [0.05, 0.1) is 13.2 Å². The molecule has 2 aromatic carbocycles. The minimum absolute atomic E-state index is 0.0807. The summed E-state index contributed by atoms with van der Waals surface area (Å²) in [6.07, 6.45) is 0.619. The van der Waals surface area contributed by atoms with E-state index in [4.69, 9.17) is 4.74 Å². The summed E-state index contributed by atoms with van der Waals surface area (Å²) < 4.78 is 5.61. The number of rotatable bonds is 8. The Bertz CT molecular complexity index is 626. The molecule has 0 aliphatic carbocycles. The van der Waals surface area contributed by atoms with Crippen molar-refractivity contribution in [3.05, 3.63) is 66.2 Å². The first-order valence-electron chi connectivity index (χ1n) is 8.22. The number of para-hydroxylation sites is 1. The lowest BCUT2D eigenvalue weighted by molar-refractivity contribution is -0.126. The molecule has 24 heavy (non-hydrogen) atoms. The molecule has 0 bridgehead atoms. The second kappa shape index (κ2) is 8.50. The van der Waals surface area contributed by atoms with Crippen LogP contribution in [0.4, 0.5) is 0 Å². The topological polar surface area (TPSA) is 58.6 Å². The maximum Gasteiger partial charge on any atom is 0.223 e. The third-order valence-electron chi connectivity index (χ3n) is 4.01. The molecule has 0 aliphatic heterocycles. The standard InChI is InChI=1S/C20H25NO3/c1-16(13-14-24-18-11-7-4-8-12-18)19(22)21-15-20(2,23)17-9-5-3-6-10-17/h3-12,16,23H,13-15H2,1-2H3,(H,21,22). The highest BCUT2D eigenvalue weighted by atomic mass is 16.5. The summed E-state index contributed by atoms with van der Waals surface area (Å²) in [6, 6.07) is 18.9. The largest absolute Gasteiger partial charge is 0.494 e. The molecule has 4 nitrogen and oxygen atoms in total. The van der Waals surface area contributed by atoms with E-state index in [0.29, 0.717) is 13.0 Å². The van der Waals surface area contributed by atoms with E-state index < -0.39 is 5.60 Å². The monoisotopic (exact) mass is 327 g/mol. The first-order valence-corrected chi connectivity index (χ1v) is 8.22. The maximum absolute atomic E-state index is 12.2. The number of ether oxygens (including phenoxy) is 1. The van der Waals surface area contributed by atoms with Crippen molar-refractivity contribution in [2.24, 2.45) is 5.92 Å². The number of carbonyl (C=O) groups is 1. The summed E-state index contributed by atoms with van der Waals surface area (Å²) in [5, 5.41) is 13.3. The van der Waals surface area contributed by atoms with Crippen LogP contribution in [0.2, 0.25) is 0 Å². The molecule has 2 aromatic rings. The van der Waals surface area contributed by atoms with Crippen LogP contribution in [-0.4, -0.2) is 24.2 Å². The molecule has 0 aromatic heterocycles. The molecule has 0 spiro atoms. The number of amides is 1. The fraction of sp³-hybridized carbons (Fsp3) is 0.350. The first-order chi connectivity index (χ1) is 11.5. The summed E-state index contributed by atoms with van der Waals surface area (Å²) in [5.74, 6) is 0.542. The van der Waals surface area contributed by atoms with Crippen LogP contribution in [0.3, 0.4) is 0 Å². The number of hydrogen-bond acceptors (Lipinski definition) is 3. The zero-order valence-corrected chi connectivity index (χ0v) is 14.2. The van der Waals surface area contributed by atoms with Gasteiger partial charge in [-0.2, -0.15) is 0 Å². The van der Waals surface area contributed by atoms with Crippen LogP contribution in [0, 0.1) is 5.92 Å². The summed E-state index contributed by atoms with van der Waals surface area (Å²) in [7, 11) is 0. The van der Waals surface area contributed by atoms with Gasteiger partial charge < -0.3 is 15.2 Å². The molecule has 2 rings (SSSR count).